The Balaban J connectivity index is 1.86. The Hall–Kier alpha value is -1.78. The standard InChI is InChI=1S/C17H16ClN3S/c1-12-5-3-8-16(9-12)21-13(2)19-20-17(21)22-11-14-6-4-7-15(18)10-14/h3-10H,11H2,1-2H3. The van der Waals surface area contributed by atoms with Gasteiger partial charge in [-0.2, -0.15) is 0 Å². The van der Waals surface area contributed by atoms with Crippen LogP contribution < -0.4 is 0 Å². The van der Waals surface area contributed by atoms with E-state index in [2.05, 4.69) is 52.0 Å². The molecule has 0 unspecified atom stereocenters. The van der Waals surface area contributed by atoms with Gasteiger partial charge in [0.15, 0.2) is 5.16 Å². The van der Waals surface area contributed by atoms with E-state index in [1.54, 1.807) is 11.8 Å². The number of aryl methyl sites for hydroxylation is 2. The summed E-state index contributed by atoms with van der Waals surface area (Å²) >= 11 is 7.69. The molecule has 0 N–H and O–H groups in total. The molecule has 3 nitrogen and oxygen atoms in total. The number of aromatic nitrogens is 3. The molecule has 112 valence electrons. The van der Waals surface area contributed by atoms with E-state index in [4.69, 9.17) is 11.6 Å². The van der Waals surface area contributed by atoms with Gasteiger partial charge in [0, 0.05) is 16.5 Å². The van der Waals surface area contributed by atoms with Gasteiger partial charge in [-0.25, -0.2) is 0 Å². The third-order valence-electron chi connectivity index (χ3n) is 3.31. The number of nitrogens with zero attached hydrogens (tertiary/aromatic N) is 3. The summed E-state index contributed by atoms with van der Waals surface area (Å²) in [4.78, 5) is 0. The van der Waals surface area contributed by atoms with Crippen LogP contribution in [0.4, 0.5) is 0 Å². The molecule has 0 radical (unpaired) electrons. The minimum absolute atomic E-state index is 0.759. The number of thioether (sulfide) groups is 1. The molecule has 3 aromatic rings. The lowest BCUT2D eigenvalue weighted by molar-refractivity contribution is 0.867. The molecule has 0 spiro atoms. The van der Waals surface area contributed by atoms with Gasteiger partial charge in [-0.15, -0.1) is 10.2 Å². The second-order valence-electron chi connectivity index (χ2n) is 5.12. The van der Waals surface area contributed by atoms with Gasteiger partial charge >= 0.3 is 0 Å². The Morgan fingerprint density at radius 2 is 1.86 bits per heavy atom. The first-order valence-electron chi connectivity index (χ1n) is 7.00. The first kappa shape index (κ1) is 15.1. The smallest absolute Gasteiger partial charge is 0.196 e. The van der Waals surface area contributed by atoms with E-state index in [1.165, 1.54) is 11.1 Å². The first-order valence-corrected chi connectivity index (χ1v) is 8.36. The van der Waals surface area contributed by atoms with Crippen LogP contribution in [-0.2, 0) is 5.75 Å². The van der Waals surface area contributed by atoms with Crippen LogP contribution in [0, 0.1) is 13.8 Å². The summed E-state index contributed by atoms with van der Waals surface area (Å²) < 4.78 is 2.09. The van der Waals surface area contributed by atoms with Crippen LogP contribution in [0.1, 0.15) is 17.0 Å². The molecular formula is C17H16ClN3S. The zero-order valence-corrected chi connectivity index (χ0v) is 14.0. The van der Waals surface area contributed by atoms with Gasteiger partial charge in [0.05, 0.1) is 0 Å². The van der Waals surface area contributed by atoms with Crippen molar-refractivity contribution in [2.75, 3.05) is 0 Å². The average Bonchev–Trinajstić information content (AvgIpc) is 2.86. The van der Waals surface area contributed by atoms with Crippen LogP contribution in [0.15, 0.2) is 53.7 Å². The van der Waals surface area contributed by atoms with Gasteiger partial charge in [0.1, 0.15) is 5.82 Å². The van der Waals surface area contributed by atoms with Crippen molar-refractivity contribution in [3.63, 3.8) is 0 Å². The minimum atomic E-state index is 0.759. The minimum Gasteiger partial charge on any atom is -0.274 e. The number of benzene rings is 2. The number of rotatable bonds is 4. The monoisotopic (exact) mass is 329 g/mol. The molecule has 0 saturated heterocycles. The van der Waals surface area contributed by atoms with Crippen LogP contribution in [-0.4, -0.2) is 14.8 Å². The molecular weight excluding hydrogens is 314 g/mol. The molecule has 0 amide bonds. The molecule has 0 atom stereocenters. The zero-order valence-electron chi connectivity index (χ0n) is 12.5. The molecule has 0 aliphatic rings. The number of hydrogen-bond acceptors (Lipinski definition) is 3. The maximum absolute atomic E-state index is 6.03. The summed E-state index contributed by atoms with van der Waals surface area (Å²) in [5.74, 6) is 1.70. The molecule has 1 heterocycles. The second kappa shape index (κ2) is 6.55. The topological polar surface area (TPSA) is 30.7 Å². The fraction of sp³-hybridized carbons (Fsp3) is 0.176. The molecule has 0 fully saturated rings. The summed E-state index contributed by atoms with van der Waals surface area (Å²) in [5.41, 5.74) is 3.49. The van der Waals surface area contributed by atoms with Crippen molar-refractivity contribution in [2.45, 2.75) is 24.8 Å². The normalized spacial score (nSPS) is 10.9. The van der Waals surface area contributed by atoms with Crippen molar-refractivity contribution in [3.05, 3.63) is 70.5 Å². The van der Waals surface area contributed by atoms with Crippen molar-refractivity contribution in [3.8, 4) is 5.69 Å². The largest absolute Gasteiger partial charge is 0.274 e. The SMILES string of the molecule is Cc1cccc(-n2c(C)nnc2SCc2cccc(Cl)c2)c1. The van der Waals surface area contributed by atoms with Crippen molar-refractivity contribution < 1.29 is 0 Å². The first-order chi connectivity index (χ1) is 10.6. The molecule has 22 heavy (non-hydrogen) atoms. The molecule has 0 aliphatic heterocycles. The summed E-state index contributed by atoms with van der Waals surface area (Å²) in [6.45, 7) is 4.06. The molecule has 2 aromatic carbocycles. The van der Waals surface area contributed by atoms with E-state index < -0.39 is 0 Å². The second-order valence-corrected chi connectivity index (χ2v) is 6.50. The molecule has 0 aliphatic carbocycles. The summed E-state index contributed by atoms with van der Waals surface area (Å²) in [5, 5.41) is 10.2. The number of halogens is 1. The lowest BCUT2D eigenvalue weighted by atomic mass is 10.2. The highest BCUT2D eigenvalue weighted by molar-refractivity contribution is 7.98. The quantitative estimate of drug-likeness (QED) is 0.642. The Kier molecular flexibility index (Phi) is 4.50. The highest BCUT2D eigenvalue weighted by atomic mass is 35.5. The summed E-state index contributed by atoms with van der Waals surface area (Å²) in [6, 6.07) is 16.3. The Morgan fingerprint density at radius 1 is 1.05 bits per heavy atom. The van der Waals surface area contributed by atoms with Crippen LogP contribution in [0.2, 0.25) is 5.02 Å². The van der Waals surface area contributed by atoms with Gasteiger partial charge < -0.3 is 0 Å². The van der Waals surface area contributed by atoms with E-state index in [0.717, 1.165) is 27.4 Å². The Bertz CT molecular complexity index is 798. The lowest BCUT2D eigenvalue weighted by Gasteiger charge is -2.09. The molecule has 5 heteroatoms. The van der Waals surface area contributed by atoms with Crippen LogP contribution in [0.5, 0.6) is 0 Å². The highest BCUT2D eigenvalue weighted by Gasteiger charge is 2.11. The maximum Gasteiger partial charge on any atom is 0.196 e. The fourth-order valence-corrected chi connectivity index (χ4v) is 3.43. The molecule has 0 bridgehead atoms. The fourth-order valence-electron chi connectivity index (χ4n) is 2.28. The van der Waals surface area contributed by atoms with Gasteiger partial charge in [-0.3, -0.25) is 4.57 Å². The van der Waals surface area contributed by atoms with E-state index in [-0.39, 0.29) is 0 Å². The summed E-state index contributed by atoms with van der Waals surface area (Å²) in [6.07, 6.45) is 0. The van der Waals surface area contributed by atoms with Crippen molar-refractivity contribution in [2.24, 2.45) is 0 Å². The molecule has 0 saturated carbocycles. The van der Waals surface area contributed by atoms with E-state index in [1.807, 2.05) is 25.1 Å². The summed E-state index contributed by atoms with van der Waals surface area (Å²) in [7, 11) is 0. The van der Waals surface area contributed by atoms with E-state index >= 15 is 0 Å². The maximum atomic E-state index is 6.03. The van der Waals surface area contributed by atoms with Gasteiger partial charge in [0.2, 0.25) is 0 Å². The van der Waals surface area contributed by atoms with E-state index in [9.17, 15) is 0 Å². The predicted molar refractivity (Wildman–Crippen MR) is 91.8 cm³/mol. The lowest BCUT2D eigenvalue weighted by Crippen LogP contribution is -1.99. The number of hydrogen-bond donors (Lipinski definition) is 0. The van der Waals surface area contributed by atoms with Gasteiger partial charge in [0.25, 0.3) is 0 Å². The Morgan fingerprint density at radius 3 is 2.64 bits per heavy atom. The third-order valence-corrected chi connectivity index (χ3v) is 4.55. The highest BCUT2D eigenvalue weighted by Crippen LogP contribution is 2.26. The third kappa shape index (κ3) is 3.34. The Labute approximate surface area is 139 Å². The van der Waals surface area contributed by atoms with Crippen LogP contribution >= 0.6 is 23.4 Å². The predicted octanol–water partition coefficient (Wildman–Crippen LogP) is 4.83. The van der Waals surface area contributed by atoms with Crippen LogP contribution in [0.3, 0.4) is 0 Å². The van der Waals surface area contributed by atoms with E-state index in [0.29, 0.717) is 0 Å². The molecule has 1 aromatic heterocycles. The van der Waals surface area contributed by atoms with Gasteiger partial charge in [-0.05, 0) is 49.2 Å². The average molecular weight is 330 g/mol. The van der Waals surface area contributed by atoms with Gasteiger partial charge in [-0.1, -0.05) is 47.6 Å². The van der Waals surface area contributed by atoms with Crippen LogP contribution in [0.25, 0.3) is 5.69 Å². The van der Waals surface area contributed by atoms with Crippen molar-refractivity contribution >= 4 is 23.4 Å². The molecule has 3 rings (SSSR count). The van der Waals surface area contributed by atoms with Crippen molar-refractivity contribution in [1.29, 1.82) is 0 Å². The zero-order chi connectivity index (χ0) is 15.5. The van der Waals surface area contributed by atoms with Crippen molar-refractivity contribution in [1.82, 2.24) is 14.8 Å².